The van der Waals surface area contributed by atoms with Gasteiger partial charge in [-0.2, -0.15) is 0 Å². The van der Waals surface area contributed by atoms with Crippen LogP contribution in [0.1, 0.15) is 106 Å². The van der Waals surface area contributed by atoms with Crippen LogP contribution in [0.15, 0.2) is 110 Å². The Labute approximate surface area is 606 Å². The van der Waals surface area contributed by atoms with E-state index in [0.29, 0.717) is 39.9 Å². The van der Waals surface area contributed by atoms with E-state index in [1.54, 1.807) is 48.5 Å². The van der Waals surface area contributed by atoms with Gasteiger partial charge in [0, 0.05) is 105 Å². The first-order valence-electron chi connectivity index (χ1n) is 34.5. The first kappa shape index (κ1) is 78.1. The molecule has 2 aliphatic rings. The molecule has 9 atom stereocenters. The molecule has 0 saturated carbocycles. The molecule has 11 amide bonds. The van der Waals surface area contributed by atoms with E-state index in [-0.39, 0.29) is 105 Å². The van der Waals surface area contributed by atoms with Crippen LogP contribution in [0.25, 0.3) is 21.8 Å². The van der Waals surface area contributed by atoms with Crippen LogP contribution in [0.3, 0.4) is 0 Å². The molecule has 562 valence electrons. The van der Waals surface area contributed by atoms with Gasteiger partial charge in [0.15, 0.2) is 0 Å². The predicted molar refractivity (Wildman–Crippen MR) is 377 cm³/mol. The van der Waals surface area contributed by atoms with Gasteiger partial charge in [0.2, 0.25) is 65.0 Å². The molecule has 4 aromatic carbocycles. The van der Waals surface area contributed by atoms with Crippen LogP contribution in [0, 0.1) is 11.6 Å². The first-order valence-corrected chi connectivity index (χ1v) is 34.5. The number of rotatable bonds is 13. The average molecular weight is 1470 g/mol. The summed E-state index contributed by atoms with van der Waals surface area (Å²) >= 11 is 0. The summed E-state index contributed by atoms with van der Waals surface area (Å²) in [5, 5.41) is 47.4. The second kappa shape index (κ2) is 35.9. The standard InChI is InChI=1S/C73H85F2N15O16/c1-39-64(96)84-56(28-44-35-78-52-18-14-46(74)30-50(44)52)66(98)85-57(29-45-36-79-53-19-15-47(75)31-51(45)53)67(99)87-59(33-63(94)95)69(101)86-58(32-48-37-76-38-81-48)68(100)88-60(26-41-12-16-49(106-4)17-13-41)70(102)90-24-8-22-73(90,3)72(105)89-55(71(103)104)20-21-61(92)80-34-43-10-7-9-42(25-43)27-62(93)77-23-6-5-11-54(65(97)82-39)83-40(2)91/h7,9-10,12-19,25,30-31,35-39,54-60,78-79H,5-6,8,11,20-24,26-29,32-34H2,1-4H3,(H,76,81)(H,77,93)(H,80,92)(H,82,97)(H,83,91)(H,84,96)(H,85,98)(H,86,101)(H,87,99)(H,88,100)(H,89,105)(H,94,95)(H,103,104)/t39-,54-,55+,56+,57+,58+,59+,60+,73+/m1/s1. The third-order valence-corrected chi connectivity index (χ3v) is 18.6. The number of hydrogen-bond donors (Lipinski definition) is 15. The molecule has 0 spiro atoms. The predicted octanol–water partition coefficient (Wildman–Crippen LogP) is 1.73. The van der Waals surface area contributed by atoms with E-state index in [4.69, 9.17) is 4.74 Å². The van der Waals surface area contributed by atoms with E-state index in [1.165, 1.54) is 88.0 Å². The number of halogens is 2. The van der Waals surface area contributed by atoms with Gasteiger partial charge in [0.05, 0.1) is 26.3 Å². The zero-order valence-corrected chi connectivity index (χ0v) is 58.6. The van der Waals surface area contributed by atoms with Crippen LogP contribution in [-0.2, 0) is 101 Å². The normalized spacial score (nSPS) is 23.1. The van der Waals surface area contributed by atoms with Crippen molar-refractivity contribution >= 4 is 98.7 Å². The van der Waals surface area contributed by atoms with Crippen molar-refractivity contribution in [2.75, 3.05) is 20.2 Å². The van der Waals surface area contributed by atoms with Crippen molar-refractivity contribution in [1.82, 2.24) is 78.0 Å². The number of fused-ring (bicyclic) bond motifs is 5. The van der Waals surface area contributed by atoms with Gasteiger partial charge in [0.1, 0.15) is 71.3 Å². The van der Waals surface area contributed by atoms with Crippen molar-refractivity contribution in [3.63, 3.8) is 0 Å². The fourth-order valence-electron chi connectivity index (χ4n) is 12.9. The zero-order chi connectivity index (χ0) is 76.4. The molecule has 0 radical (unpaired) electrons. The molecule has 33 heteroatoms. The Hall–Kier alpha value is -12.1. The summed E-state index contributed by atoms with van der Waals surface area (Å²) in [6.45, 7) is 3.99. The number of ether oxygens (including phenoxy) is 1. The third-order valence-electron chi connectivity index (χ3n) is 18.6. The number of aliphatic carboxylic acids is 2. The fraction of sp³-hybridized carbons (Fsp3) is 0.397. The SMILES string of the molecule is COc1ccc(C[C@@H]2NC(=O)[C@H](Cc3cnc[nH]3)NC(=O)[C@H](CC(=O)O)NC(=O)[C@H](Cc3c[nH]c4ccc(F)cc34)NC(=O)[C@H](Cc3c[nH]c4ccc(F)cc34)NC(=O)[C@@H](C)NC(=O)[C@H](NC(C)=O)CCCCNC(=O)Cc3cccc(c3)CNC(=O)CC[C@@H](C(=O)O)NC(=O)[C@]3(C)CCCN3C2=O)cc1. The van der Waals surface area contributed by atoms with Crippen LogP contribution in [0.4, 0.5) is 8.78 Å². The number of hydrogen-bond acceptors (Lipinski definition) is 15. The van der Waals surface area contributed by atoms with Gasteiger partial charge in [-0.05, 0) is 129 Å². The summed E-state index contributed by atoms with van der Waals surface area (Å²) in [5.41, 5.74) is 1.46. The summed E-state index contributed by atoms with van der Waals surface area (Å²) in [5.74, 6) is -13.7. The van der Waals surface area contributed by atoms with Gasteiger partial charge < -0.3 is 88.0 Å². The average Bonchev–Trinajstić information content (AvgIpc) is 1.61. The van der Waals surface area contributed by atoms with Crippen molar-refractivity contribution in [3.05, 3.63) is 155 Å². The number of aromatic amines is 3. The lowest BCUT2D eigenvalue weighted by molar-refractivity contribution is -0.149. The molecule has 106 heavy (non-hydrogen) atoms. The summed E-state index contributed by atoms with van der Waals surface area (Å²) in [6.07, 6.45) is 2.80. The van der Waals surface area contributed by atoms with E-state index < -0.39 is 162 Å². The minimum Gasteiger partial charge on any atom is -0.497 e. The van der Waals surface area contributed by atoms with E-state index in [1.807, 2.05) is 0 Å². The Balaban J connectivity index is 1.06. The molecule has 1 saturated heterocycles. The molecule has 2 aliphatic heterocycles. The van der Waals surface area contributed by atoms with Crippen LogP contribution < -0.4 is 57.9 Å². The maximum Gasteiger partial charge on any atom is 0.326 e. The number of nitrogens with one attached hydrogen (secondary N) is 13. The van der Waals surface area contributed by atoms with Gasteiger partial charge in [0.25, 0.3) is 0 Å². The Kier molecular flexibility index (Phi) is 26.4. The van der Waals surface area contributed by atoms with Gasteiger partial charge in [-0.3, -0.25) is 57.5 Å². The van der Waals surface area contributed by atoms with Gasteiger partial charge in [-0.15, -0.1) is 0 Å². The van der Waals surface area contributed by atoms with Gasteiger partial charge >= 0.3 is 11.9 Å². The Morgan fingerprint density at radius 1 is 0.632 bits per heavy atom. The second-order valence-corrected chi connectivity index (χ2v) is 26.5. The number of benzene rings is 4. The van der Waals surface area contributed by atoms with Crippen LogP contribution in [0.2, 0.25) is 0 Å². The molecule has 31 nitrogen and oxygen atoms in total. The smallest absolute Gasteiger partial charge is 0.326 e. The first-order chi connectivity index (χ1) is 50.6. The highest BCUT2D eigenvalue weighted by Crippen LogP contribution is 2.32. The quantitative estimate of drug-likeness (QED) is 0.0781. The number of carboxylic acids is 2. The number of nitrogens with zero attached hydrogens (tertiary/aromatic N) is 2. The lowest BCUT2D eigenvalue weighted by atomic mass is 9.95. The lowest BCUT2D eigenvalue weighted by Gasteiger charge is -2.37. The highest BCUT2D eigenvalue weighted by atomic mass is 19.1. The number of H-pyrrole nitrogens is 3. The summed E-state index contributed by atoms with van der Waals surface area (Å²) < 4.78 is 35.3. The maximum absolute atomic E-state index is 15.3. The van der Waals surface area contributed by atoms with Crippen LogP contribution >= 0.6 is 0 Å². The molecule has 3 aromatic heterocycles. The zero-order valence-electron chi connectivity index (χ0n) is 58.6. The number of carboxylic acid groups (broad SMARTS) is 2. The number of carbonyl (C=O) groups excluding carboxylic acids is 11. The second-order valence-electron chi connectivity index (χ2n) is 26.5. The lowest BCUT2D eigenvalue weighted by Crippen LogP contribution is -2.63. The van der Waals surface area contributed by atoms with Crippen molar-refractivity contribution < 1.29 is 86.1 Å². The molecule has 7 aromatic rings. The van der Waals surface area contributed by atoms with Crippen LogP contribution in [-0.4, -0.2) is 186 Å². The monoisotopic (exact) mass is 1470 g/mol. The fourth-order valence-corrected chi connectivity index (χ4v) is 12.9. The highest BCUT2D eigenvalue weighted by Gasteiger charge is 2.49. The van der Waals surface area contributed by atoms with Crippen molar-refractivity contribution in [3.8, 4) is 5.75 Å². The summed E-state index contributed by atoms with van der Waals surface area (Å²) in [7, 11) is 1.44. The minimum absolute atomic E-state index is 0.0136. The molecule has 15 N–H and O–H groups in total. The highest BCUT2D eigenvalue weighted by molar-refractivity contribution is 6.01. The molecular weight excluding hydrogens is 1380 g/mol. The number of methoxy groups -OCH3 is 1. The number of imidazole rings is 1. The van der Waals surface area contributed by atoms with Gasteiger partial charge in [-0.25, -0.2) is 18.6 Å². The molecule has 1 fully saturated rings. The Morgan fingerprint density at radius 2 is 1.23 bits per heavy atom. The Morgan fingerprint density at radius 3 is 1.82 bits per heavy atom. The van der Waals surface area contributed by atoms with E-state index in [0.717, 1.165) is 6.07 Å². The number of amides is 11. The molecule has 0 aliphatic carbocycles. The van der Waals surface area contributed by atoms with Crippen molar-refractivity contribution in [2.24, 2.45) is 0 Å². The largest absolute Gasteiger partial charge is 0.497 e. The maximum atomic E-state index is 15.3. The van der Waals surface area contributed by atoms with E-state index in [2.05, 4.69) is 73.1 Å². The third kappa shape index (κ3) is 21.1. The van der Waals surface area contributed by atoms with Crippen LogP contribution in [0.5, 0.6) is 5.75 Å². The van der Waals surface area contributed by atoms with Gasteiger partial charge in [-0.1, -0.05) is 36.4 Å². The molecular formula is C73H85F2N15O16. The minimum atomic E-state index is -2.08. The summed E-state index contributed by atoms with van der Waals surface area (Å²) in [6, 6.07) is 7.57. The number of carbonyl (C=O) groups is 13. The number of aromatic nitrogens is 4. The Bertz CT molecular complexity index is 4410. The van der Waals surface area contributed by atoms with E-state index >= 15 is 23.6 Å². The molecule has 2 bridgehead atoms. The van der Waals surface area contributed by atoms with E-state index in [9.17, 15) is 57.8 Å². The summed E-state index contributed by atoms with van der Waals surface area (Å²) in [4.78, 5) is 197. The molecule has 0 unspecified atom stereocenters. The molecule has 5 heterocycles. The topological polar surface area (TPSA) is 455 Å². The van der Waals surface area contributed by atoms with Crippen molar-refractivity contribution in [2.45, 2.75) is 165 Å². The van der Waals surface area contributed by atoms with Crippen molar-refractivity contribution in [1.29, 1.82) is 0 Å². The molecule has 9 rings (SSSR count).